The second-order valence-electron chi connectivity index (χ2n) is 6.90. The molecule has 2 N–H and O–H groups in total. The van der Waals surface area contributed by atoms with Gasteiger partial charge in [0.15, 0.2) is 0 Å². The average Bonchev–Trinajstić information content (AvgIpc) is 3.19. The number of carbonyl (C=O) groups is 1. The molecular weight excluding hydrogens is 332 g/mol. The van der Waals surface area contributed by atoms with Gasteiger partial charge in [0.25, 0.3) is 0 Å². The van der Waals surface area contributed by atoms with E-state index in [2.05, 4.69) is 10.4 Å². The summed E-state index contributed by atoms with van der Waals surface area (Å²) in [5, 5.41) is 17.0. The highest BCUT2D eigenvalue weighted by atomic mass is 16.5. The van der Waals surface area contributed by atoms with Crippen LogP contribution in [-0.4, -0.2) is 38.5 Å². The van der Waals surface area contributed by atoms with Crippen molar-refractivity contribution >= 4 is 11.7 Å². The van der Waals surface area contributed by atoms with Crippen LogP contribution in [0, 0.1) is 0 Å². The number of ether oxygens (including phenoxy) is 1. The molecule has 1 aromatic heterocycles. The number of anilines is 1. The van der Waals surface area contributed by atoms with E-state index in [1.165, 1.54) is 0 Å². The summed E-state index contributed by atoms with van der Waals surface area (Å²) in [6.07, 6.45) is 1.80. The smallest absolute Gasteiger partial charge is 0.322 e. The number of aliphatic hydroxyl groups excluding tert-OH is 1. The zero-order valence-electron chi connectivity index (χ0n) is 15.2. The Kier molecular flexibility index (Phi) is 4.32. The van der Waals surface area contributed by atoms with Crippen molar-refractivity contribution in [1.82, 2.24) is 14.7 Å². The number of hydrogen-bond donors (Lipinski definition) is 2. The minimum absolute atomic E-state index is 0.103. The quantitative estimate of drug-likeness (QED) is 0.884. The molecule has 0 spiro atoms. The van der Waals surface area contributed by atoms with Gasteiger partial charge in [0.05, 0.1) is 18.8 Å². The fraction of sp³-hybridized carbons (Fsp3) is 0.474. The molecule has 2 aromatic rings. The summed E-state index contributed by atoms with van der Waals surface area (Å²) in [5.74, 6) is 0.901. The summed E-state index contributed by atoms with van der Waals surface area (Å²) in [4.78, 5) is 14.5. The molecule has 4 rings (SSSR count). The van der Waals surface area contributed by atoms with Crippen LogP contribution in [0.4, 0.5) is 10.5 Å². The van der Waals surface area contributed by atoms with Gasteiger partial charge in [0.1, 0.15) is 11.9 Å². The van der Waals surface area contributed by atoms with Crippen molar-refractivity contribution in [1.29, 1.82) is 0 Å². The van der Waals surface area contributed by atoms with Gasteiger partial charge in [0, 0.05) is 42.9 Å². The van der Waals surface area contributed by atoms with E-state index in [1.807, 2.05) is 36.7 Å². The van der Waals surface area contributed by atoms with Crippen LogP contribution in [-0.2, 0) is 32.5 Å². The van der Waals surface area contributed by atoms with Gasteiger partial charge >= 0.3 is 6.03 Å². The zero-order chi connectivity index (χ0) is 18.3. The second-order valence-corrected chi connectivity index (χ2v) is 6.90. The maximum Gasteiger partial charge on any atom is 0.322 e. The van der Waals surface area contributed by atoms with Crippen molar-refractivity contribution in [3.8, 4) is 5.75 Å². The maximum absolute atomic E-state index is 12.7. The third-order valence-corrected chi connectivity index (χ3v) is 5.10. The highest BCUT2D eigenvalue weighted by Gasteiger charge is 2.27. The van der Waals surface area contributed by atoms with Crippen molar-refractivity contribution < 1.29 is 14.6 Å². The molecule has 0 aliphatic carbocycles. The predicted octanol–water partition coefficient (Wildman–Crippen LogP) is 2.31. The second kappa shape index (κ2) is 6.64. The van der Waals surface area contributed by atoms with Crippen molar-refractivity contribution in [2.75, 3.05) is 11.9 Å². The third kappa shape index (κ3) is 2.92. The molecule has 7 heteroatoms. The molecular formula is C19H24N4O3. The van der Waals surface area contributed by atoms with E-state index in [9.17, 15) is 9.90 Å². The summed E-state index contributed by atoms with van der Waals surface area (Å²) in [6.45, 7) is 5.85. The van der Waals surface area contributed by atoms with E-state index in [0.29, 0.717) is 18.8 Å². The highest BCUT2D eigenvalue weighted by Crippen LogP contribution is 2.31. The number of amides is 2. The van der Waals surface area contributed by atoms with Gasteiger partial charge in [-0.3, -0.25) is 4.68 Å². The molecule has 138 valence electrons. The first-order chi connectivity index (χ1) is 12.6. The van der Waals surface area contributed by atoms with Crippen molar-refractivity contribution in [2.24, 2.45) is 0 Å². The van der Waals surface area contributed by atoms with Crippen LogP contribution in [0.1, 0.15) is 36.4 Å². The molecule has 0 unspecified atom stereocenters. The van der Waals surface area contributed by atoms with Gasteiger partial charge in [-0.2, -0.15) is 5.10 Å². The fourth-order valence-electron chi connectivity index (χ4n) is 3.83. The molecule has 26 heavy (non-hydrogen) atoms. The van der Waals surface area contributed by atoms with Crippen molar-refractivity contribution in [2.45, 2.75) is 52.5 Å². The monoisotopic (exact) mass is 356 g/mol. The fourth-order valence-corrected chi connectivity index (χ4v) is 3.83. The lowest BCUT2D eigenvalue weighted by Crippen LogP contribution is -2.39. The Morgan fingerprint density at radius 3 is 3.08 bits per heavy atom. The van der Waals surface area contributed by atoms with E-state index in [0.717, 1.165) is 47.6 Å². The van der Waals surface area contributed by atoms with Crippen LogP contribution in [0.3, 0.4) is 0 Å². The first kappa shape index (κ1) is 16.9. The van der Waals surface area contributed by atoms with Crippen molar-refractivity contribution in [3.05, 3.63) is 40.7 Å². The van der Waals surface area contributed by atoms with Crippen LogP contribution in [0.25, 0.3) is 0 Å². The summed E-state index contributed by atoms with van der Waals surface area (Å²) >= 11 is 0. The lowest BCUT2D eigenvalue weighted by molar-refractivity contribution is 0.204. The number of nitrogens with zero attached hydrogens (tertiary/aromatic N) is 3. The maximum atomic E-state index is 12.7. The summed E-state index contributed by atoms with van der Waals surface area (Å²) < 4.78 is 7.63. The predicted molar refractivity (Wildman–Crippen MR) is 97.2 cm³/mol. The Hall–Kier alpha value is -2.54. The Morgan fingerprint density at radius 1 is 1.46 bits per heavy atom. The number of hydrogen-bond acceptors (Lipinski definition) is 4. The molecule has 3 heterocycles. The topological polar surface area (TPSA) is 79.6 Å². The van der Waals surface area contributed by atoms with Gasteiger partial charge < -0.3 is 20.1 Å². The molecule has 2 amide bonds. The molecule has 2 aliphatic rings. The van der Waals surface area contributed by atoms with E-state index >= 15 is 0 Å². The molecule has 1 aromatic carbocycles. The summed E-state index contributed by atoms with van der Waals surface area (Å²) in [7, 11) is 0. The number of urea groups is 1. The van der Waals surface area contributed by atoms with Crippen LogP contribution in [0.5, 0.6) is 5.75 Å². The molecule has 0 saturated carbocycles. The number of nitrogens with one attached hydrogen (secondary N) is 1. The number of aliphatic hydroxyl groups is 1. The van der Waals surface area contributed by atoms with Gasteiger partial charge in [-0.15, -0.1) is 0 Å². The van der Waals surface area contributed by atoms with Crippen LogP contribution < -0.4 is 10.1 Å². The summed E-state index contributed by atoms with van der Waals surface area (Å²) in [6, 6.07) is 5.65. The molecule has 7 nitrogen and oxygen atoms in total. The van der Waals surface area contributed by atoms with E-state index in [-0.39, 0.29) is 18.7 Å². The first-order valence-electron chi connectivity index (χ1n) is 9.12. The average molecular weight is 356 g/mol. The molecule has 2 aliphatic heterocycles. The lowest BCUT2D eigenvalue weighted by Gasteiger charge is -2.28. The van der Waals surface area contributed by atoms with Gasteiger partial charge in [-0.05, 0) is 37.6 Å². The number of carbonyl (C=O) groups excluding carboxylic acids is 1. The van der Waals surface area contributed by atoms with E-state index in [4.69, 9.17) is 4.74 Å². The lowest BCUT2D eigenvalue weighted by atomic mass is 10.1. The molecule has 1 atom stereocenters. The van der Waals surface area contributed by atoms with Crippen molar-refractivity contribution in [3.63, 3.8) is 0 Å². The molecule has 0 fully saturated rings. The van der Waals surface area contributed by atoms with Crippen LogP contribution in [0.2, 0.25) is 0 Å². The van der Waals surface area contributed by atoms with Crippen LogP contribution in [0.15, 0.2) is 18.2 Å². The third-order valence-electron chi connectivity index (χ3n) is 5.10. The SMILES string of the molecule is CCn1nc(CO)c2c1CCN(C(=O)Nc1ccc3c(c1)C[C@H](C)O3)C2. The normalized spacial score (nSPS) is 18.3. The molecule has 0 bridgehead atoms. The Morgan fingerprint density at radius 2 is 2.31 bits per heavy atom. The standard InChI is InChI=1S/C19H24N4O3/c1-3-23-17-6-7-22(10-15(17)16(11-24)21-23)19(25)20-14-4-5-18-13(9-14)8-12(2)26-18/h4-5,9,12,24H,3,6-8,10-11H2,1-2H3,(H,20,25)/t12-/m0/s1. The number of aromatic nitrogens is 2. The number of aryl methyl sites for hydroxylation is 1. The summed E-state index contributed by atoms with van der Waals surface area (Å²) in [5.41, 5.74) is 4.69. The number of fused-ring (bicyclic) bond motifs is 2. The number of rotatable bonds is 3. The molecule has 0 saturated heterocycles. The van der Waals surface area contributed by atoms with E-state index in [1.54, 1.807) is 4.90 Å². The van der Waals surface area contributed by atoms with Gasteiger partial charge in [-0.25, -0.2) is 4.79 Å². The minimum Gasteiger partial charge on any atom is -0.490 e. The minimum atomic E-state index is -0.129. The number of benzene rings is 1. The van der Waals surface area contributed by atoms with Crippen LogP contribution >= 0.6 is 0 Å². The highest BCUT2D eigenvalue weighted by molar-refractivity contribution is 5.89. The van der Waals surface area contributed by atoms with Gasteiger partial charge in [0.2, 0.25) is 0 Å². The first-order valence-corrected chi connectivity index (χ1v) is 9.12. The zero-order valence-corrected chi connectivity index (χ0v) is 15.2. The van der Waals surface area contributed by atoms with E-state index < -0.39 is 0 Å². The Balaban J connectivity index is 1.48. The Bertz CT molecular complexity index is 846. The Labute approximate surface area is 152 Å². The molecule has 0 radical (unpaired) electrons. The largest absolute Gasteiger partial charge is 0.490 e. The van der Waals surface area contributed by atoms with Gasteiger partial charge in [-0.1, -0.05) is 0 Å².